The van der Waals surface area contributed by atoms with Crippen LogP contribution in [0.4, 0.5) is 0 Å². The van der Waals surface area contributed by atoms with Gasteiger partial charge in [0.2, 0.25) is 0 Å². The molecule has 1 aliphatic heterocycles. The Labute approximate surface area is 130 Å². The lowest BCUT2D eigenvalue weighted by Gasteiger charge is -2.34. The summed E-state index contributed by atoms with van der Waals surface area (Å²) < 4.78 is 0. The van der Waals surface area contributed by atoms with Crippen molar-refractivity contribution in [3.8, 4) is 0 Å². The molecule has 0 spiro atoms. The van der Waals surface area contributed by atoms with Gasteiger partial charge in [-0.05, 0) is 17.7 Å². The second kappa shape index (κ2) is 7.49. The summed E-state index contributed by atoms with van der Waals surface area (Å²) in [7, 11) is 0. The van der Waals surface area contributed by atoms with E-state index in [1.807, 2.05) is 29.2 Å². The van der Waals surface area contributed by atoms with E-state index in [2.05, 4.69) is 4.90 Å². The van der Waals surface area contributed by atoms with E-state index in [1.165, 1.54) is 0 Å². The number of nitrogens with zero attached hydrogens (tertiary/aromatic N) is 2. The highest BCUT2D eigenvalue weighted by molar-refractivity contribution is 7.80. The van der Waals surface area contributed by atoms with Crippen molar-refractivity contribution in [2.75, 3.05) is 39.3 Å². The molecule has 6 heteroatoms. The highest BCUT2D eigenvalue weighted by atomic mass is 32.1. The third-order valence-corrected chi connectivity index (χ3v) is 3.77. The van der Waals surface area contributed by atoms with Crippen LogP contribution in [0, 0.1) is 0 Å². The second-order valence-corrected chi connectivity index (χ2v) is 5.73. The van der Waals surface area contributed by atoms with Gasteiger partial charge < -0.3 is 15.7 Å². The third-order valence-electron chi connectivity index (χ3n) is 3.63. The largest absolute Gasteiger partial charge is 0.395 e. The molecular weight excluding hydrogens is 286 g/mol. The normalized spacial score (nSPS) is 16.0. The summed E-state index contributed by atoms with van der Waals surface area (Å²) in [5, 5.41) is 8.93. The lowest BCUT2D eigenvalue weighted by atomic mass is 10.1. The molecule has 1 aliphatic rings. The Kier molecular flexibility index (Phi) is 5.67. The van der Waals surface area contributed by atoms with Gasteiger partial charge in [-0.1, -0.05) is 24.4 Å². The zero-order valence-electron chi connectivity index (χ0n) is 12.0. The summed E-state index contributed by atoms with van der Waals surface area (Å²) in [5.41, 5.74) is 7.19. The van der Waals surface area contributed by atoms with Crippen LogP contribution >= 0.6 is 12.2 Å². The molecule has 0 radical (unpaired) electrons. The Hall–Kier alpha value is -1.50. The van der Waals surface area contributed by atoms with E-state index in [-0.39, 0.29) is 12.5 Å². The molecule has 0 bridgehead atoms. The molecule has 1 aromatic carbocycles. The Morgan fingerprint density at radius 2 is 2.00 bits per heavy atom. The van der Waals surface area contributed by atoms with E-state index in [0.29, 0.717) is 36.6 Å². The number of amides is 1. The molecule has 114 valence electrons. The van der Waals surface area contributed by atoms with E-state index in [1.54, 1.807) is 0 Å². The standard InChI is InChI=1S/C15H21N3O2S/c16-14(21)11-12-2-1-3-13(10-12)15(20)18-6-4-17(5-7-18)8-9-19/h1-3,10,19H,4-9,11H2,(H2,16,21). The lowest BCUT2D eigenvalue weighted by molar-refractivity contribution is 0.0615. The zero-order valence-corrected chi connectivity index (χ0v) is 12.8. The number of aliphatic hydroxyl groups excluding tert-OH is 1. The minimum absolute atomic E-state index is 0.0449. The van der Waals surface area contributed by atoms with Crippen LogP contribution in [0.1, 0.15) is 15.9 Å². The van der Waals surface area contributed by atoms with Crippen molar-refractivity contribution in [3.05, 3.63) is 35.4 Å². The monoisotopic (exact) mass is 307 g/mol. The number of nitrogens with two attached hydrogens (primary N) is 1. The number of hydrogen-bond donors (Lipinski definition) is 2. The van der Waals surface area contributed by atoms with Crippen molar-refractivity contribution in [2.24, 2.45) is 5.73 Å². The van der Waals surface area contributed by atoms with Crippen LogP contribution in [0.2, 0.25) is 0 Å². The van der Waals surface area contributed by atoms with Crippen LogP contribution in [-0.2, 0) is 6.42 Å². The number of carbonyl (C=O) groups is 1. The molecule has 2 rings (SSSR count). The highest BCUT2D eigenvalue weighted by Gasteiger charge is 2.21. The maximum absolute atomic E-state index is 12.5. The first kappa shape index (κ1) is 15.9. The van der Waals surface area contributed by atoms with Gasteiger partial charge >= 0.3 is 0 Å². The smallest absolute Gasteiger partial charge is 0.253 e. The number of hydrogen-bond acceptors (Lipinski definition) is 4. The molecule has 1 amide bonds. The first-order chi connectivity index (χ1) is 10.1. The number of benzene rings is 1. The fourth-order valence-electron chi connectivity index (χ4n) is 2.51. The first-order valence-corrected chi connectivity index (χ1v) is 7.50. The summed E-state index contributed by atoms with van der Waals surface area (Å²) in [6.07, 6.45) is 0.515. The van der Waals surface area contributed by atoms with Crippen molar-refractivity contribution in [1.29, 1.82) is 0 Å². The van der Waals surface area contributed by atoms with Crippen LogP contribution in [0.25, 0.3) is 0 Å². The van der Waals surface area contributed by atoms with E-state index < -0.39 is 0 Å². The number of piperazine rings is 1. The van der Waals surface area contributed by atoms with Crippen molar-refractivity contribution in [3.63, 3.8) is 0 Å². The van der Waals surface area contributed by atoms with Gasteiger partial charge in [-0.25, -0.2) is 0 Å². The molecule has 21 heavy (non-hydrogen) atoms. The summed E-state index contributed by atoms with van der Waals surface area (Å²) >= 11 is 4.91. The van der Waals surface area contributed by atoms with Crippen LogP contribution in [0.3, 0.4) is 0 Å². The van der Waals surface area contributed by atoms with Crippen LogP contribution in [0.15, 0.2) is 24.3 Å². The van der Waals surface area contributed by atoms with Crippen molar-refractivity contribution in [1.82, 2.24) is 9.80 Å². The Bertz CT molecular complexity index is 513. The topological polar surface area (TPSA) is 69.8 Å². The minimum atomic E-state index is 0.0449. The summed E-state index contributed by atoms with van der Waals surface area (Å²) in [6, 6.07) is 7.48. The van der Waals surface area contributed by atoms with Crippen LogP contribution < -0.4 is 5.73 Å². The number of thiocarbonyl (C=S) groups is 1. The maximum Gasteiger partial charge on any atom is 0.253 e. The SMILES string of the molecule is NC(=S)Cc1cccc(C(=O)N2CCN(CCO)CC2)c1. The fourth-order valence-corrected chi connectivity index (χ4v) is 2.68. The Morgan fingerprint density at radius 3 is 2.62 bits per heavy atom. The molecule has 5 nitrogen and oxygen atoms in total. The van der Waals surface area contributed by atoms with E-state index in [0.717, 1.165) is 18.7 Å². The van der Waals surface area contributed by atoms with Gasteiger partial charge in [0.1, 0.15) is 0 Å². The van der Waals surface area contributed by atoms with Gasteiger partial charge in [0.25, 0.3) is 5.91 Å². The molecule has 1 saturated heterocycles. The predicted octanol–water partition coefficient (Wildman–Crippen LogP) is 0.265. The van der Waals surface area contributed by atoms with Crippen molar-refractivity contribution >= 4 is 23.1 Å². The maximum atomic E-state index is 12.5. The average molecular weight is 307 g/mol. The molecule has 1 fully saturated rings. The minimum Gasteiger partial charge on any atom is -0.395 e. The predicted molar refractivity (Wildman–Crippen MR) is 86.4 cm³/mol. The van der Waals surface area contributed by atoms with E-state index in [4.69, 9.17) is 23.1 Å². The molecule has 0 aromatic heterocycles. The number of rotatable bonds is 5. The first-order valence-electron chi connectivity index (χ1n) is 7.10. The molecule has 1 aromatic rings. The average Bonchev–Trinajstić information content (AvgIpc) is 2.47. The summed E-state index contributed by atoms with van der Waals surface area (Å²) in [5.74, 6) is 0.0449. The molecule has 0 atom stereocenters. The third kappa shape index (κ3) is 4.49. The van der Waals surface area contributed by atoms with Gasteiger partial charge in [-0.2, -0.15) is 0 Å². The van der Waals surface area contributed by atoms with E-state index >= 15 is 0 Å². The molecule has 3 N–H and O–H groups in total. The van der Waals surface area contributed by atoms with Gasteiger partial charge in [0.05, 0.1) is 11.6 Å². The van der Waals surface area contributed by atoms with Crippen molar-refractivity contribution < 1.29 is 9.90 Å². The number of aliphatic hydroxyl groups is 1. The quantitative estimate of drug-likeness (QED) is 0.764. The second-order valence-electron chi connectivity index (χ2n) is 5.20. The van der Waals surface area contributed by atoms with Crippen LogP contribution in [-0.4, -0.2) is 65.1 Å². The highest BCUT2D eigenvalue weighted by Crippen LogP contribution is 2.11. The molecular formula is C15H21N3O2S. The van der Waals surface area contributed by atoms with Gasteiger partial charge in [-0.15, -0.1) is 0 Å². The van der Waals surface area contributed by atoms with Gasteiger partial charge in [-0.3, -0.25) is 9.69 Å². The number of carbonyl (C=O) groups excluding carboxylic acids is 1. The van der Waals surface area contributed by atoms with Crippen LogP contribution in [0.5, 0.6) is 0 Å². The zero-order chi connectivity index (χ0) is 15.2. The molecule has 0 unspecified atom stereocenters. The fraction of sp³-hybridized carbons (Fsp3) is 0.467. The summed E-state index contributed by atoms with van der Waals surface area (Å²) in [4.78, 5) is 16.9. The molecule has 1 heterocycles. The van der Waals surface area contributed by atoms with E-state index in [9.17, 15) is 4.79 Å². The lowest BCUT2D eigenvalue weighted by Crippen LogP contribution is -2.49. The molecule has 0 aliphatic carbocycles. The van der Waals surface area contributed by atoms with Crippen molar-refractivity contribution in [2.45, 2.75) is 6.42 Å². The molecule has 0 saturated carbocycles. The Morgan fingerprint density at radius 1 is 1.29 bits per heavy atom. The Balaban J connectivity index is 1.99. The van der Waals surface area contributed by atoms with Gasteiger partial charge in [0.15, 0.2) is 0 Å². The van der Waals surface area contributed by atoms with Gasteiger partial charge in [0, 0.05) is 44.7 Å². The summed E-state index contributed by atoms with van der Waals surface area (Å²) in [6.45, 7) is 3.83. The number of β-amino-alcohol motifs (C(OH)–C–C–N with tert-alkyl or cyclic N) is 1.